The molecule has 1 saturated heterocycles. The van der Waals surface area contributed by atoms with E-state index in [1.807, 2.05) is 11.8 Å². The number of nitrogens with one attached hydrogen (secondary N) is 1. The standard InChI is InChI=1S/C18H34N2O2/c1-13(2)8-18(22)20-11-16(14(3)21)9-17(12-20)19-10-15-6-4-5-7-15/h13-17,19,21H,4-12H2,1-3H3. The highest BCUT2D eigenvalue weighted by molar-refractivity contribution is 5.76. The Kier molecular flexibility index (Phi) is 6.69. The molecular formula is C18H34N2O2. The minimum absolute atomic E-state index is 0.200. The lowest BCUT2D eigenvalue weighted by molar-refractivity contribution is -0.135. The fraction of sp³-hybridized carbons (Fsp3) is 0.944. The number of carbonyl (C=O) groups excluding carboxylic acids is 1. The molecule has 0 bridgehead atoms. The number of aliphatic hydroxyl groups excluding tert-OH is 1. The van der Waals surface area contributed by atoms with Crippen molar-refractivity contribution in [2.75, 3.05) is 19.6 Å². The molecule has 2 fully saturated rings. The molecule has 2 rings (SSSR count). The summed E-state index contributed by atoms with van der Waals surface area (Å²) in [6, 6.07) is 0.338. The summed E-state index contributed by atoms with van der Waals surface area (Å²) < 4.78 is 0. The molecule has 3 atom stereocenters. The molecule has 1 amide bonds. The Bertz CT molecular complexity index is 351. The van der Waals surface area contributed by atoms with Crippen LogP contribution in [0.4, 0.5) is 0 Å². The van der Waals surface area contributed by atoms with Gasteiger partial charge in [-0.25, -0.2) is 0 Å². The number of likely N-dealkylation sites (tertiary alicyclic amines) is 1. The average Bonchev–Trinajstić information content (AvgIpc) is 2.97. The number of piperidine rings is 1. The van der Waals surface area contributed by atoms with Gasteiger partial charge in [-0.1, -0.05) is 26.7 Å². The zero-order valence-electron chi connectivity index (χ0n) is 14.6. The highest BCUT2D eigenvalue weighted by atomic mass is 16.3. The van der Waals surface area contributed by atoms with E-state index in [4.69, 9.17) is 0 Å². The van der Waals surface area contributed by atoms with Crippen LogP contribution in [-0.2, 0) is 4.79 Å². The maximum Gasteiger partial charge on any atom is 0.222 e. The molecule has 1 saturated carbocycles. The zero-order chi connectivity index (χ0) is 16.1. The van der Waals surface area contributed by atoms with Crippen molar-refractivity contribution >= 4 is 5.91 Å². The quantitative estimate of drug-likeness (QED) is 0.792. The minimum Gasteiger partial charge on any atom is -0.393 e. The molecular weight excluding hydrogens is 276 g/mol. The molecule has 0 aromatic heterocycles. The molecule has 3 unspecified atom stereocenters. The zero-order valence-corrected chi connectivity index (χ0v) is 14.6. The summed E-state index contributed by atoms with van der Waals surface area (Å²) in [5.74, 6) is 1.65. The Morgan fingerprint density at radius 3 is 2.50 bits per heavy atom. The van der Waals surface area contributed by atoms with Gasteiger partial charge in [-0.05, 0) is 44.6 Å². The molecule has 0 aromatic carbocycles. The van der Waals surface area contributed by atoms with Crippen molar-refractivity contribution in [2.24, 2.45) is 17.8 Å². The molecule has 4 heteroatoms. The van der Waals surface area contributed by atoms with E-state index in [0.717, 1.165) is 25.4 Å². The molecule has 128 valence electrons. The van der Waals surface area contributed by atoms with Crippen molar-refractivity contribution in [3.8, 4) is 0 Å². The van der Waals surface area contributed by atoms with E-state index < -0.39 is 0 Å². The first-order valence-corrected chi connectivity index (χ1v) is 9.15. The molecule has 0 spiro atoms. The van der Waals surface area contributed by atoms with Crippen LogP contribution in [0.1, 0.15) is 59.3 Å². The number of aliphatic hydroxyl groups is 1. The van der Waals surface area contributed by atoms with Crippen molar-refractivity contribution in [2.45, 2.75) is 71.4 Å². The Morgan fingerprint density at radius 2 is 1.91 bits per heavy atom. The van der Waals surface area contributed by atoms with Crippen LogP contribution in [0.3, 0.4) is 0 Å². The number of amides is 1. The summed E-state index contributed by atoms with van der Waals surface area (Å²) in [5.41, 5.74) is 0. The number of hydrogen-bond acceptors (Lipinski definition) is 3. The van der Waals surface area contributed by atoms with Gasteiger partial charge in [-0.3, -0.25) is 4.79 Å². The smallest absolute Gasteiger partial charge is 0.222 e. The van der Waals surface area contributed by atoms with Gasteiger partial charge in [0, 0.05) is 31.5 Å². The van der Waals surface area contributed by atoms with Crippen LogP contribution in [0, 0.1) is 17.8 Å². The van der Waals surface area contributed by atoms with Crippen LogP contribution in [0.15, 0.2) is 0 Å². The van der Waals surface area contributed by atoms with Crippen molar-refractivity contribution < 1.29 is 9.90 Å². The van der Waals surface area contributed by atoms with E-state index in [2.05, 4.69) is 19.2 Å². The fourth-order valence-electron chi connectivity index (χ4n) is 3.87. The van der Waals surface area contributed by atoms with E-state index in [9.17, 15) is 9.90 Å². The van der Waals surface area contributed by atoms with Crippen molar-refractivity contribution in [1.82, 2.24) is 10.2 Å². The van der Waals surface area contributed by atoms with E-state index in [-0.39, 0.29) is 17.9 Å². The van der Waals surface area contributed by atoms with Gasteiger partial charge >= 0.3 is 0 Å². The molecule has 1 heterocycles. The van der Waals surface area contributed by atoms with Crippen LogP contribution in [-0.4, -0.2) is 47.7 Å². The molecule has 22 heavy (non-hydrogen) atoms. The first kappa shape index (κ1) is 17.7. The predicted octanol–water partition coefficient (Wildman–Crippen LogP) is 2.41. The van der Waals surface area contributed by atoms with Gasteiger partial charge in [0.15, 0.2) is 0 Å². The van der Waals surface area contributed by atoms with Gasteiger partial charge in [0.1, 0.15) is 0 Å². The monoisotopic (exact) mass is 310 g/mol. The first-order valence-electron chi connectivity index (χ1n) is 9.15. The molecule has 2 aliphatic rings. The second-order valence-corrected chi connectivity index (χ2v) is 7.89. The number of nitrogens with zero attached hydrogens (tertiary/aromatic N) is 1. The van der Waals surface area contributed by atoms with Gasteiger partial charge in [0.05, 0.1) is 6.10 Å². The summed E-state index contributed by atoms with van der Waals surface area (Å²) >= 11 is 0. The maximum absolute atomic E-state index is 12.4. The summed E-state index contributed by atoms with van der Waals surface area (Å²) in [7, 11) is 0. The molecule has 0 aromatic rings. The number of rotatable bonds is 6. The van der Waals surface area contributed by atoms with Crippen LogP contribution >= 0.6 is 0 Å². The number of carbonyl (C=O) groups is 1. The van der Waals surface area contributed by atoms with Crippen LogP contribution < -0.4 is 5.32 Å². The van der Waals surface area contributed by atoms with Gasteiger partial charge in [-0.15, -0.1) is 0 Å². The lowest BCUT2D eigenvalue weighted by atomic mass is 9.89. The second kappa shape index (κ2) is 8.30. The third kappa shape index (κ3) is 5.24. The fourth-order valence-corrected chi connectivity index (χ4v) is 3.87. The lowest BCUT2D eigenvalue weighted by Gasteiger charge is -2.40. The Balaban J connectivity index is 1.89. The van der Waals surface area contributed by atoms with Crippen molar-refractivity contribution in [3.63, 3.8) is 0 Å². The van der Waals surface area contributed by atoms with E-state index >= 15 is 0 Å². The Hall–Kier alpha value is -0.610. The van der Waals surface area contributed by atoms with Gasteiger partial charge in [-0.2, -0.15) is 0 Å². The highest BCUT2D eigenvalue weighted by Gasteiger charge is 2.32. The number of hydrogen-bond donors (Lipinski definition) is 2. The summed E-state index contributed by atoms with van der Waals surface area (Å²) in [6.07, 6.45) is 6.67. The summed E-state index contributed by atoms with van der Waals surface area (Å²) in [4.78, 5) is 14.4. The molecule has 4 nitrogen and oxygen atoms in total. The first-order chi connectivity index (χ1) is 10.5. The van der Waals surface area contributed by atoms with Gasteiger partial charge < -0.3 is 15.3 Å². The topological polar surface area (TPSA) is 52.6 Å². The Morgan fingerprint density at radius 1 is 1.23 bits per heavy atom. The minimum atomic E-state index is -0.342. The van der Waals surface area contributed by atoms with Gasteiger partial charge in [0.25, 0.3) is 0 Å². The van der Waals surface area contributed by atoms with E-state index in [1.54, 1.807) is 0 Å². The average molecular weight is 310 g/mol. The maximum atomic E-state index is 12.4. The normalized spacial score (nSPS) is 28.3. The summed E-state index contributed by atoms with van der Waals surface area (Å²) in [6.45, 7) is 8.62. The molecule has 1 aliphatic heterocycles. The van der Waals surface area contributed by atoms with Crippen LogP contribution in [0.2, 0.25) is 0 Å². The van der Waals surface area contributed by atoms with Crippen molar-refractivity contribution in [3.05, 3.63) is 0 Å². The van der Waals surface area contributed by atoms with E-state index in [1.165, 1.54) is 25.7 Å². The van der Waals surface area contributed by atoms with Crippen LogP contribution in [0.25, 0.3) is 0 Å². The third-order valence-electron chi connectivity index (χ3n) is 5.27. The predicted molar refractivity (Wildman–Crippen MR) is 89.6 cm³/mol. The van der Waals surface area contributed by atoms with Crippen LogP contribution in [0.5, 0.6) is 0 Å². The highest BCUT2D eigenvalue weighted by Crippen LogP contribution is 2.25. The van der Waals surface area contributed by atoms with Crippen molar-refractivity contribution in [1.29, 1.82) is 0 Å². The van der Waals surface area contributed by atoms with Gasteiger partial charge in [0.2, 0.25) is 5.91 Å². The SMILES string of the molecule is CC(C)CC(=O)N1CC(NCC2CCCC2)CC(C(C)O)C1. The lowest BCUT2D eigenvalue weighted by Crippen LogP contribution is -2.53. The Labute approximate surface area is 135 Å². The molecule has 2 N–H and O–H groups in total. The largest absolute Gasteiger partial charge is 0.393 e. The summed E-state index contributed by atoms with van der Waals surface area (Å²) in [5, 5.41) is 13.7. The third-order valence-corrected chi connectivity index (χ3v) is 5.27. The second-order valence-electron chi connectivity index (χ2n) is 7.89. The molecule has 0 radical (unpaired) electrons. The van der Waals surface area contributed by atoms with E-state index in [0.29, 0.717) is 24.9 Å². The molecule has 1 aliphatic carbocycles.